The zero-order chi connectivity index (χ0) is 20.8. The van der Waals surface area contributed by atoms with Crippen LogP contribution in [0.4, 0.5) is 0 Å². The molecule has 0 aliphatic rings. The molecule has 1 aromatic carbocycles. The quantitative estimate of drug-likeness (QED) is 0.243. The molecule has 0 bridgehead atoms. The standard InChI is InChI=1S/C25H34O3/c1-20(2)8-6-9-21(3)10-7-11-22(4)18-19-28-24-15-12-23(13-16-24)14-17-25(26)27-5/h8,10,12-18H,6-7,9,11,19H2,1-5H3/b17-14+,21-10?,22-18?. The highest BCUT2D eigenvalue weighted by Gasteiger charge is 1.96. The number of carbonyl (C=O) groups is 1. The highest BCUT2D eigenvalue weighted by atomic mass is 16.5. The summed E-state index contributed by atoms with van der Waals surface area (Å²) in [5.74, 6) is 0.452. The summed E-state index contributed by atoms with van der Waals surface area (Å²) < 4.78 is 10.3. The largest absolute Gasteiger partial charge is 0.490 e. The third-order valence-electron chi connectivity index (χ3n) is 4.30. The monoisotopic (exact) mass is 382 g/mol. The molecule has 0 fully saturated rings. The van der Waals surface area contributed by atoms with Crippen LogP contribution in [0.25, 0.3) is 6.08 Å². The molecule has 0 spiro atoms. The Morgan fingerprint density at radius 1 is 0.893 bits per heavy atom. The van der Waals surface area contributed by atoms with E-state index >= 15 is 0 Å². The van der Waals surface area contributed by atoms with Crippen molar-refractivity contribution in [1.82, 2.24) is 0 Å². The number of carbonyl (C=O) groups excluding carboxylic acids is 1. The molecule has 0 saturated carbocycles. The van der Waals surface area contributed by atoms with Crippen molar-refractivity contribution >= 4 is 12.0 Å². The number of methoxy groups -OCH3 is 1. The Hall–Kier alpha value is -2.55. The number of hydrogen-bond donors (Lipinski definition) is 0. The van der Waals surface area contributed by atoms with Gasteiger partial charge in [0.25, 0.3) is 0 Å². The van der Waals surface area contributed by atoms with Crippen LogP contribution in [0.2, 0.25) is 0 Å². The average molecular weight is 383 g/mol. The number of ether oxygens (including phenoxy) is 2. The smallest absolute Gasteiger partial charge is 0.330 e. The van der Waals surface area contributed by atoms with E-state index in [1.165, 1.54) is 29.9 Å². The predicted octanol–water partition coefficient (Wildman–Crippen LogP) is 6.67. The molecule has 0 aliphatic carbocycles. The Bertz CT molecular complexity index is 715. The molecule has 0 radical (unpaired) electrons. The molecule has 3 nitrogen and oxygen atoms in total. The molecular formula is C25H34O3. The minimum atomic E-state index is -0.362. The van der Waals surface area contributed by atoms with Crippen molar-refractivity contribution in [2.75, 3.05) is 13.7 Å². The lowest BCUT2D eigenvalue weighted by atomic mass is 10.1. The fourth-order valence-electron chi connectivity index (χ4n) is 2.53. The lowest BCUT2D eigenvalue weighted by Gasteiger charge is -2.05. The summed E-state index contributed by atoms with van der Waals surface area (Å²) in [5, 5.41) is 0. The predicted molar refractivity (Wildman–Crippen MR) is 118 cm³/mol. The van der Waals surface area contributed by atoms with E-state index in [9.17, 15) is 4.79 Å². The van der Waals surface area contributed by atoms with Gasteiger partial charge in [-0.05, 0) is 83.2 Å². The normalized spacial score (nSPS) is 12.2. The van der Waals surface area contributed by atoms with Crippen LogP contribution in [0.1, 0.15) is 58.9 Å². The Morgan fingerprint density at radius 2 is 1.50 bits per heavy atom. The maximum atomic E-state index is 11.1. The van der Waals surface area contributed by atoms with E-state index in [0.29, 0.717) is 6.61 Å². The van der Waals surface area contributed by atoms with Crippen LogP contribution in [0.5, 0.6) is 5.75 Å². The first kappa shape index (κ1) is 23.5. The Labute approximate surface area is 170 Å². The number of rotatable bonds is 11. The Kier molecular flexibility index (Phi) is 11.4. The minimum absolute atomic E-state index is 0.362. The molecule has 0 atom stereocenters. The highest BCUT2D eigenvalue weighted by molar-refractivity contribution is 5.86. The molecule has 0 saturated heterocycles. The molecule has 0 unspecified atom stereocenters. The van der Waals surface area contributed by atoms with Gasteiger partial charge >= 0.3 is 5.97 Å². The molecule has 0 N–H and O–H groups in total. The van der Waals surface area contributed by atoms with Crippen LogP contribution < -0.4 is 4.74 Å². The van der Waals surface area contributed by atoms with Gasteiger partial charge in [-0.3, -0.25) is 0 Å². The molecule has 3 heteroatoms. The van der Waals surface area contributed by atoms with Crippen molar-refractivity contribution in [1.29, 1.82) is 0 Å². The summed E-state index contributed by atoms with van der Waals surface area (Å²) in [5.41, 5.74) is 5.11. The van der Waals surface area contributed by atoms with Crippen LogP contribution in [0, 0.1) is 0 Å². The lowest BCUT2D eigenvalue weighted by Crippen LogP contribution is -1.95. The Balaban J connectivity index is 2.35. The van der Waals surface area contributed by atoms with Crippen molar-refractivity contribution in [2.45, 2.75) is 53.4 Å². The van der Waals surface area contributed by atoms with E-state index in [0.717, 1.165) is 37.0 Å². The van der Waals surface area contributed by atoms with E-state index in [1.807, 2.05) is 24.3 Å². The van der Waals surface area contributed by atoms with E-state index in [4.69, 9.17) is 4.74 Å². The number of hydrogen-bond acceptors (Lipinski definition) is 3. The van der Waals surface area contributed by atoms with Gasteiger partial charge in [-0.15, -0.1) is 0 Å². The highest BCUT2D eigenvalue weighted by Crippen LogP contribution is 2.15. The van der Waals surface area contributed by atoms with Crippen LogP contribution in [-0.4, -0.2) is 19.7 Å². The van der Waals surface area contributed by atoms with Gasteiger partial charge in [0.05, 0.1) is 7.11 Å². The molecular weight excluding hydrogens is 348 g/mol. The van der Waals surface area contributed by atoms with Gasteiger partial charge in [0.1, 0.15) is 12.4 Å². The van der Waals surface area contributed by atoms with Gasteiger partial charge in [0.2, 0.25) is 0 Å². The second-order valence-corrected chi connectivity index (χ2v) is 7.20. The van der Waals surface area contributed by atoms with E-state index in [-0.39, 0.29) is 5.97 Å². The summed E-state index contributed by atoms with van der Waals surface area (Å²) >= 11 is 0. The minimum Gasteiger partial charge on any atom is -0.490 e. The first-order chi connectivity index (χ1) is 13.4. The van der Waals surface area contributed by atoms with Crippen molar-refractivity contribution in [3.05, 3.63) is 70.9 Å². The van der Waals surface area contributed by atoms with Gasteiger partial charge in [-0.2, -0.15) is 0 Å². The maximum absolute atomic E-state index is 11.1. The molecule has 1 rings (SSSR count). The van der Waals surface area contributed by atoms with E-state index < -0.39 is 0 Å². The van der Waals surface area contributed by atoms with Crippen LogP contribution in [-0.2, 0) is 9.53 Å². The summed E-state index contributed by atoms with van der Waals surface area (Å²) in [4.78, 5) is 11.1. The molecule has 0 aromatic heterocycles. The first-order valence-corrected chi connectivity index (χ1v) is 9.84. The second-order valence-electron chi connectivity index (χ2n) is 7.20. The summed E-state index contributed by atoms with van der Waals surface area (Å²) in [6, 6.07) is 7.62. The van der Waals surface area contributed by atoms with Gasteiger partial charge in [0, 0.05) is 6.08 Å². The topological polar surface area (TPSA) is 35.5 Å². The van der Waals surface area contributed by atoms with Crippen LogP contribution in [0.3, 0.4) is 0 Å². The van der Waals surface area contributed by atoms with Crippen LogP contribution >= 0.6 is 0 Å². The number of esters is 1. The van der Waals surface area contributed by atoms with Crippen molar-refractivity contribution < 1.29 is 14.3 Å². The summed E-state index contributed by atoms with van der Waals surface area (Å²) in [7, 11) is 1.36. The van der Waals surface area contributed by atoms with Gasteiger partial charge in [0.15, 0.2) is 0 Å². The lowest BCUT2D eigenvalue weighted by molar-refractivity contribution is -0.134. The van der Waals surface area contributed by atoms with E-state index in [2.05, 4.69) is 50.7 Å². The number of benzene rings is 1. The number of allylic oxidation sites excluding steroid dienone is 5. The Morgan fingerprint density at radius 3 is 2.11 bits per heavy atom. The average Bonchev–Trinajstić information content (AvgIpc) is 2.66. The third-order valence-corrected chi connectivity index (χ3v) is 4.30. The van der Waals surface area contributed by atoms with Gasteiger partial charge < -0.3 is 9.47 Å². The molecule has 152 valence electrons. The van der Waals surface area contributed by atoms with Gasteiger partial charge in [-0.25, -0.2) is 4.79 Å². The van der Waals surface area contributed by atoms with Crippen molar-refractivity contribution in [3.8, 4) is 5.75 Å². The molecule has 0 aliphatic heterocycles. The second kappa shape index (κ2) is 13.6. The third kappa shape index (κ3) is 11.2. The molecule has 0 amide bonds. The maximum Gasteiger partial charge on any atom is 0.330 e. The van der Waals surface area contributed by atoms with Crippen molar-refractivity contribution in [2.24, 2.45) is 0 Å². The molecule has 0 heterocycles. The van der Waals surface area contributed by atoms with Crippen LogP contribution in [0.15, 0.2) is 65.3 Å². The van der Waals surface area contributed by atoms with E-state index in [1.54, 1.807) is 6.08 Å². The summed E-state index contributed by atoms with van der Waals surface area (Å²) in [6.07, 6.45) is 14.3. The fraction of sp³-hybridized carbons (Fsp3) is 0.400. The first-order valence-electron chi connectivity index (χ1n) is 9.84. The van der Waals surface area contributed by atoms with Crippen molar-refractivity contribution in [3.63, 3.8) is 0 Å². The zero-order valence-corrected chi connectivity index (χ0v) is 18.0. The fourth-order valence-corrected chi connectivity index (χ4v) is 2.53. The zero-order valence-electron chi connectivity index (χ0n) is 18.0. The summed E-state index contributed by atoms with van der Waals surface area (Å²) in [6.45, 7) is 9.21. The molecule has 28 heavy (non-hydrogen) atoms. The SMILES string of the molecule is COC(=O)/C=C/c1ccc(OCC=C(C)CCC=C(C)CCC=C(C)C)cc1. The molecule has 1 aromatic rings. The van der Waals surface area contributed by atoms with Gasteiger partial charge in [-0.1, -0.05) is 41.0 Å².